The maximum atomic E-state index is 13.8. The van der Waals surface area contributed by atoms with Crippen LogP contribution in [0, 0.1) is 5.82 Å². The van der Waals surface area contributed by atoms with Gasteiger partial charge in [-0.05, 0) is 30.3 Å². The highest BCUT2D eigenvalue weighted by molar-refractivity contribution is 6.04. The van der Waals surface area contributed by atoms with Crippen LogP contribution < -0.4 is 15.5 Å². The molecule has 0 radical (unpaired) electrons. The lowest BCUT2D eigenvalue weighted by Crippen LogP contribution is -2.15. The first-order valence-corrected chi connectivity index (χ1v) is 6.88. The second-order valence-electron chi connectivity index (χ2n) is 5.13. The minimum atomic E-state index is -0.592. The number of amides is 2. The number of nitrogens with one attached hydrogen (secondary N) is 2. The Balaban J connectivity index is 2.17. The number of carbonyl (C=O) groups is 2. The zero-order chi connectivity index (χ0) is 17.0. The van der Waals surface area contributed by atoms with E-state index in [1.165, 1.54) is 31.3 Å². The van der Waals surface area contributed by atoms with Gasteiger partial charge in [0.2, 0.25) is 5.91 Å². The lowest BCUT2D eigenvalue weighted by atomic mass is 10.2. The molecule has 1 aromatic heterocycles. The molecule has 1 heterocycles. The molecule has 7 heteroatoms. The molecule has 0 unspecified atom stereocenters. The Morgan fingerprint density at radius 2 is 1.87 bits per heavy atom. The van der Waals surface area contributed by atoms with Crippen LogP contribution in [0.2, 0.25) is 0 Å². The Kier molecular flexibility index (Phi) is 4.90. The van der Waals surface area contributed by atoms with Crippen LogP contribution in [0.15, 0.2) is 36.5 Å². The van der Waals surface area contributed by atoms with Crippen molar-refractivity contribution in [3.05, 3.63) is 47.9 Å². The molecule has 2 rings (SSSR count). The number of pyridine rings is 1. The Bertz CT molecular complexity index is 729. The minimum Gasteiger partial charge on any atom is -0.363 e. The molecular formula is C16H17FN4O2. The fourth-order valence-electron chi connectivity index (χ4n) is 1.88. The van der Waals surface area contributed by atoms with Crippen molar-refractivity contribution < 1.29 is 14.0 Å². The van der Waals surface area contributed by atoms with Gasteiger partial charge in [-0.2, -0.15) is 0 Å². The van der Waals surface area contributed by atoms with E-state index in [0.717, 1.165) is 0 Å². The normalized spacial score (nSPS) is 10.1. The average Bonchev–Trinajstić information content (AvgIpc) is 2.50. The molecule has 0 atom stereocenters. The lowest BCUT2D eigenvalue weighted by Gasteiger charge is -2.12. The van der Waals surface area contributed by atoms with Crippen LogP contribution in [0.5, 0.6) is 0 Å². The molecule has 2 N–H and O–H groups in total. The maximum absolute atomic E-state index is 13.8. The zero-order valence-electron chi connectivity index (χ0n) is 13.1. The van der Waals surface area contributed by atoms with Gasteiger partial charge in [0.1, 0.15) is 11.6 Å². The number of benzene rings is 1. The molecule has 0 saturated heterocycles. The number of hydrogen-bond donors (Lipinski definition) is 2. The van der Waals surface area contributed by atoms with Crippen molar-refractivity contribution in [2.45, 2.75) is 6.92 Å². The summed E-state index contributed by atoms with van der Waals surface area (Å²) in [5, 5.41) is 5.00. The second kappa shape index (κ2) is 6.87. The number of carbonyl (C=O) groups excluding carboxylic acids is 2. The molecule has 2 amide bonds. The quantitative estimate of drug-likeness (QED) is 0.909. The Morgan fingerprint density at radius 1 is 1.13 bits per heavy atom. The van der Waals surface area contributed by atoms with E-state index in [0.29, 0.717) is 17.1 Å². The van der Waals surface area contributed by atoms with Crippen LogP contribution in [0.3, 0.4) is 0 Å². The molecule has 0 saturated carbocycles. The Morgan fingerprint density at radius 3 is 2.43 bits per heavy atom. The third kappa shape index (κ3) is 4.26. The molecule has 0 bridgehead atoms. The smallest absolute Gasteiger partial charge is 0.257 e. The summed E-state index contributed by atoms with van der Waals surface area (Å²) >= 11 is 0. The van der Waals surface area contributed by atoms with E-state index in [2.05, 4.69) is 15.6 Å². The van der Waals surface area contributed by atoms with Crippen LogP contribution in [0.1, 0.15) is 17.3 Å². The van der Waals surface area contributed by atoms with Gasteiger partial charge in [0.25, 0.3) is 5.91 Å². The lowest BCUT2D eigenvalue weighted by molar-refractivity contribution is -0.114. The van der Waals surface area contributed by atoms with Crippen molar-refractivity contribution in [2.24, 2.45) is 0 Å². The van der Waals surface area contributed by atoms with Gasteiger partial charge in [0, 0.05) is 32.9 Å². The number of nitrogens with zero attached hydrogens (tertiary/aromatic N) is 2. The molecule has 120 valence electrons. The van der Waals surface area contributed by atoms with Crippen molar-refractivity contribution in [1.82, 2.24) is 4.98 Å². The maximum Gasteiger partial charge on any atom is 0.257 e. The van der Waals surface area contributed by atoms with E-state index in [1.807, 2.05) is 14.1 Å². The first-order chi connectivity index (χ1) is 10.9. The molecule has 0 spiro atoms. The number of rotatable bonds is 4. The number of aromatic nitrogens is 1. The monoisotopic (exact) mass is 316 g/mol. The van der Waals surface area contributed by atoms with Crippen LogP contribution in [0.25, 0.3) is 0 Å². The summed E-state index contributed by atoms with van der Waals surface area (Å²) in [6.45, 7) is 1.35. The first kappa shape index (κ1) is 16.4. The summed E-state index contributed by atoms with van der Waals surface area (Å²) in [6.07, 6.45) is 1.42. The topological polar surface area (TPSA) is 74.3 Å². The third-order valence-corrected chi connectivity index (χ3v) is 3.00. The first-order valence-electron chi connectivity index (χ1n) is 6.88. The molecule has 0 aliphatic rings. The van der Waals surface area contributed by atoms with Crippen LogP contribution in [-0.4, -0.2) is 30.9 Å². The molecule has 6 nitrogen and oxygen atoms in total. The second-order valence-corrected chi connectivity index (χ2v) is 5.13. The van der Waals surface area contributed by atoms with Crippen molar-refractivity contribution in [2.75, 3.05) is 29.6 Å². The third-order valence-electron chi connectivity index (χ3n) is 3.00. The van der Waals surface area contributed by atoms with E-state index in [9.17, 15) is 14.0 Å². The predicted octanol–water partition coefficient (Wildman–Crippen LogP) is 2.50. The SMILES string of the molecule is CC(=O)Nc1ccc(F)c(NC(=O)c2ccc(N(C)C)nc2)c1. The van der Waals surface area contributed by atoms with Gasteiger partial charge in [0.15, 0.2) is 0 Å². The van der Waals surface area contributed by atoms with Crippen molar-refractivity contribution in [3.8, 4) is 0 Å². The van der Waals surface area contributed by atoms with E-state index in [4.69, 9.17) is 0 Å². The Labute approximate surface area is 133 Å². The van der Waals surface area contributed by atoms with E-state index in [-0.39, 0.29) is 11.6 Å². The van der Waals surface area contributed by atoms with Gasteiger partial charge in [-0.25, -0.2) is 9.37 Å². The highest BCUT2D eigenvalue weighted by Crippen LogP contribution is 2.20. The van der Waals surface area contributed by atoms with Crippen LogP contribution in [0.4, 0.5) is 21.6 Å². The van der Waals surface area contributed by atoms with Crippen molar-refractivity contribution in [1.29, 1.82) is 0 Å². The average molecular weight is 316 g/mol. The van der Waals surface area contributed by atoms with Gasteiger partial charge in [-0.3, -0.25) is 9.59 Å². The summed E-state index contributed by atoms with van der Waals surface area (Å²) in [5.41, 5.74) is 0.688. The van der Waals surface area contributed by atoms with E-state index < -0.39 is 11.7 Å². The largest absolute Gasteiger partial charge is 0.363 e. The highest BCUT2D eigenvalue weighted by Gasteiger charge is 2.11. The van der Waals surface area contributed by atoms with Crippen LogP contribution in [-0.2, 0) is 4.79 Å². The summed E-state index contributed by atoms with van der Waals surface area (Å²) in [5.74, 6) is -0.648. The molecule has 0 aliphatic carbocycles. The van der Waals surface area contributed by atoms with Gasteiger partial charge in [0.05, 0.1) is 11.3 Å². The fourth-order valence-corrected chi connectivity index (χ4v) is 1.88. The molecule has 0 aliphatic heterocycles. The number of hydrogen-bond acceptors (Lipinski definition) is 4. The zero-order valence-corrected chi connectivity index (χ0v) is 13.1. The minimum absolute atomic E-state index is 0.0158. The number of anilines is 3. The van der Waals surface area contributed by atoms with E-state index in [1.54, 1.807) is 17.0 Å². The van der Waals surface area contributed by atoms with Crippen molar-refractivity contribution in [3.63, 3.8) is 0 Å². The predicted molar refractivity (Wildman–Crippen MR) is 87.2 cm³/mol. The Hall–Kier alpha value is -2.96. The summed E-state index contributed by atoms with van der Waals surface area (Å²) in [7, 11) is 3.68. The van der Waals surface area contributed by atoms with Gasteiger partial charge >= 0.3 is 0 Å². The summed E-state index contributed by atoms with van der Waals surface area (Å²) < 4.78 is 13.8. The number of halogens is 1. The molecular weight excluding hydrogens is 299 g/mol. The van der Waals surface area contributed by atoms with Crippen LogP contribution >= 0.6 is 0 Å². The fraction of sp³-hybridized carbons (Fsp3) is 0.188. The summed E-state index contributed by atoms with van der Waals surface area (Å²) in [6, 6.07) is 7.25. The van der Waals surface area contributed by atoms with E-state index >= 15 is 0 Å². The van der Waals surface area contributed by atoms with Gasteiger partial charge in [-0.1, -0.05) is 0 Å². The van der Waals surface area contributed by atoms with Crippen molar-refractivity contribution >= 4 is 29.0 Å². The standard InChI is InChI=1S/C16H17FN4O2/c1-10(22)19-12-5-6-13(17)14(8-12)20-16(23)11-4-7-15(18-9-11)21(2)3/h4-9H,1-3H3,(H,19,22)(H,20,23). The molecule has 23 heavy (non-hydrogen) atoms. The van der Waals surface area contributed by atoms with Gasteiger partial charge < -0.3 is 15.5 Å². The highest BCUT2D eigenvalue weighted by atomic mass is 19.1. The van der Waals surface area contributed by atoms with Gasteiger partial charge in [-0.15, -0.1) is 0 Å². The molecule has 0 fully saturated rings. The molecule has 2 aromatic rings. The summed E-state index contributed by atoms with van der Waals surface area (Å²) in [4.78, 5) is 29.1. The molecule has 1 aromatic carbocycles.